The van der Waals surface area contributed by atoms with Gasteiger partial charge in [0.05, 0.1) is 15.6 Å². The van der Waals surface area contributed by atoms with Crippen LogP contribution in [0.15, 0.2) is 42.5 Å². The molecule has 0 heterocycles. The fourth-order valence-corrected chi connectivity index (χ4v) is 2.23. The molecule has 20 heavy (non-hydrogen) atoms. The lowest BCUT2D eigenvalue weighted by Gasteiger charge is -2.17. The molecule has 1 atom stereocenters. The van der Waals surface area contributed by atoms with Crippen LogP contribution in [-0.2, 0) is 0 Å². The molecule has 0 aliphatic rings. The van der Waals surface area contributed by atoms with Crippen molar-refractivity contribution in [3.05, 3.63) is 68.7 Å². The number of nitrogens with zero attached hydrogens (tertiary/aromatic N) is 1. The summed E-state index contributed by atoms with van der Waals surface area (Å²) in [5, 5.41) is 14.6. The second-order valence-electron chi connectivity index (χ2n) is 4.70. The summed E-state index contributed by atoms with van der Waals surface area (Å²) in [4.78, 5) is 10.2. The van der Waals surface area contributed by atoms with Crippen molar-refractivity contribution in [2.75, 3.05) is 5.32 Å². The summed E-state index contributed by atoms with van der Waals surface area (Å²) in [6, 6.07) is 12.3. The van der Waals surface area contributed by atoms with Crippen molar-refractivity contribution in [2.24, 2.45) is 0 Å². The first-order valence-corrected chi connectivity index (χ1v) is 6.62. The molecule has 0 spiro atoms. The molecule has 0 bridgehead atoms. The normalized spacial score (nSPS) is 11.9. The van der Waals surface area contributed by atoms with Crippen LogP contribution in [0.1, 0.15) is 24.1 Å². The van der Waals surface area contributed by atoms with Gasteiger partial charge >= 0.3 is 0 Å². The van der Waals surface area contributed by atoms with Crippen LogP contribution in [0, 0.1) is 17.0 Å². The Balaban J connectivity index is 2.15. The number of halogens is 1. The molecule has 0 fully saturated rings. The van der Waals surface area contributed by atoms with Gasteiger partial charge in [0.1, 0.15) is 0 Å². The predicted octanol–water partition coefficient (Wildman–Crippen LogP) is 4.73. The van der Waals surface area contributed by atoms with Crippen molar-refractivity contribution in [2.45, 2.75) is 19.9 Å². The molecule has 0 saturated heterocycles. The molecule has 0 aromatic heterocycles. The van der Waals surface area contributed by atoms with Gasteiger partial charge in [-0.2, -0.15) is 0 Å². The zero-order chi connectivity index (χ0) is 14.7. The molecule has 2 aromatic carbocycles. The van der Waals surface area contributed by atoms with Crippen molar-refractivity contribution in [3.8, 4) is 0 Å². The van der Waals surface area contributed by atoms with Gasteiger partial charge in [-0.05, 0) is 37.1 Å². The SMILES string of the molecule is Cc1ccc(NC(C)c2ccc([N+](=O)[O-])cc2)c(Cl)c1. The van der Waals surface area contributed by atoms with Gasteiger partial charge in [0, 0.05) is 18.2 Å². The van der Waals surface area contributed by atoms with Crippen LogP contribution in [0.2, 0.25) is 5.02 Å². The minimum Gasteiger partial charge on any atom is -0.377 e. The van der Waals surface area contributed by atoms with Crippen LogP contribution in [0.5, 0.6) is 0 Å². The number of aryl methyl sites for hydroxylation is 1. The number of nitrogens with one attached hydrogen (secondary N) is 1. The molecule has 0 saturated carbocycles. The molecule has 2 rings (SSSR count). The number of non-ortho nitro benzene ring substituents is 1. The van der Waals surface area contributed by atoms with Gasteiger partial charge < -0.3 is 5.32 Å². The number of anilines is 1. The highest BCUT2D eigenvalue weighted by Crippen LogP contribution is 2.27. The third-order valence-corrected chi connectivity index (χ3v) is 3.41. The average Bonchev–Trinajstić information content (AvgIpc) is 2.42. The molecule has 0 aliphatic heterocycles. The Labute approximate surface area is 122 Å². The number of benzene rings is 2. The maximum atomic E-state index is 10.6. The minimum absolute atomic E-state index is 0.0102. The van der Waals surface area contributed by atoms with Crippen molar-refractivity contribution in [1.82, 2.24) is 0 Å². The van der Waals surface area contributed by atoms with Crippen LogP contribution in [0.3, 0.4) is 0 Å². The van der Waals surface area contributed by atoms with E-state index in [4.69, 9.17) is 11.6 Å². The Hall–Kier alpha value is -2.07. The largest absolute Gasteiger partial charge is 0.377 e. The quantitative estimate of drug-likeness (QED) is 0.654. The molecule has 2 aromatic rings. The van der Waals surface area contributed by atoms with Gasteiger partial charge in [0.2, 0.25) is 0 Å². The molecule has 0 radical (unpaired) electrons. The second kappa shape index (κ2) is 5.92. The van der Waals surface area contributed by atoms with E-state index in [0.29, 0.717) is 5.02 Å². The summed E-state index contributed by atoms with van der Waals surface area (Å²) in [5.41, 5.74) is 3.01. The van der Waals surface area contributed by atoms with Crippen molar-refractivity contribution >= 4 is 23.0 Å². The first kappa shape index (κ1) is 14.3. The third kappa shape index (κ3) is 3.27. The van der Waals surface area contributed by atoms with E-state index in [9.17, 15) is 10.1 Å². The highest BCUT2D eigenvalue weighted by molar-refractivity contribution is 6.33. The van der Waals surface area contributed by atoms with E-state index < -0.39 is 4.92 Å². The van der Waals surface area contributed by atoms with E-state index in [1.54, 1.807) is 12.1 Å². The highest BCUT2D eigenvalue weighted by Gasteiger charge is 2.10. The predicted molar refractivity (Wildman–Crippen MR) is 81.3 cm³/mol. The van der Waals surface area contributed by atoms with E-state index in [-0.39, 0.29) is 11.7 Å². The minimum atomic E-state index is -0.404. The molecule has 5 heteroatoms. The molecule has 1 unspecified atom stereocenters. The van der Waals surface area contributed by atoms with Crippen molar-refractivity contribution in [3.63, 3.8) is 0 Å². The van der Waals surface area contributed by atoms with E-state index in [0.717, 1.165) is 16.8 Å². The maximum absolute atomic E-state index is 10.6. The summed E-state index contributed by atoms with van der Waals surface area (Å²) in [7, 11) is 0. The van der Waals surface area contributed by atoms with E-state index in [2.05, 4.69) is 5.32 Å². The van der Waals surface area contributed by atoms with Crippen LogP contribution < -0.4 is 5.32 Å². The number of nitro benzene ring substituents is 1. The highest BCUT2D eigenvalue weighted by atomic mass is 35.5. The first-order chi connectivity index (χ1) is 9.47. The number of nitro groups is 1. The summed E-state index contributed by atoms with van der Waals surface area (Å²) in [6.45, 7) is 3.97. The maximum Gasteiger partial charge on any atom is 0.269 e. The fourth-order valence-electron chi connectivity index (χ4n) is 1.94. The van der Waals surface area contributed by atoms with E-state index in [1.807, 2.05) is 32.0 Å². The summed E-state index contributed by atoms with van der Waals surface area (Å²) in [5.74, 6) is 0. The molecule has 4 nitrogen and oxygen atoms in total. The van der Waals surface area contributed by atoms with Gasteiger partial charge in [-0.25, -0.2) is 0 Å². The van der Waals surface area contributed by atoms with Crippen LogP contribution in [-0.4, -0.2) is 4.92 Å². The molecular formula is C15H15ClN2O2. The third-order valence-electron chi connectivity index (χ3n) is 3.10. The average molecular weight is 291 g/mol. The Morgan fingerprint density at radius 2 is 1.85 bits per heavy atom. The zero-order valence-electron chi connectivity index (χ0n) is 11.3. The van der Waals surface area contributed by atoms with Crippen LogP contribution in [0.25, 0.3) is 0 Å². The Kier molecular flexibility index (Phi) is 4.25. The van der Waals surface area contributed by atoms with Crippen molar-refractivity contribution in [1.29, 1.82) is 0 Å². The monoisotopic (exact) mass is 290 g/mol. The lowest BCUT2D eigenvalue weighted by Crippen LogP contribution is -2.07. The second-order valence-corrected chi connectivity index (χ2v) is 5.11. The van der Waals surface area contributed by atoms with Gasteiger partial charge in [0.15, 0.2) is 0 Å². The van der Waals surface area contributed by atoms with Crippen LogP contribution in [0.4, 0.5) is 11.4 Å². The Morgan fingerprint density at radius 1 is 1.20 bits per heavy atom. The molecule has 1 N–H and O–H groups in total. The van der Waals surface area contributed by atoms with E-state index >= 15 is 0 Å². The zero-order valence-corrected chi connectivity index (χ0v) is 12.0. The fraction of sp³-hybridized carbons (Fsp3) is 0.200. The first-order valence-electron chi connectivity index (χ1n) is 6.24. The van der Waals surface area contributed by atoms with Gasteiger partial charge in [-0.15, -0.1) is 0 Å². The molecule has 0 aliphatic carbocycles. The van der Waals surface area contributed by atoms with Gasteiger partial charge in [-0.3, -0.25) is 10.1 Å². The standard InChI is InChI=1S/C15H15ClN2O2/c1-10-3-8-15(14(16)9-10)17-11(2)12-4-6-13(7-5-12)18(19)20/h3-9,11,17H,1-2H3. The van der Waals surface area contributed by atoms with Gasteiger partial charge in [0.25, 0.3) is 5.69 Å². The lowest BCUT2D eigenvalue weighted by molar-refractivity contribution is -0.384. The summed E-state index contributed by atoms with van der Waals surface area (Å²) in [6.07, 6.45) is 0. The van der Waals surface area contributed by atoms with Crippen LogP contribution >= 0.6 is 11.6 Å². The number of hydrogen-bond acceptors (Lipinski definition) is 3. The lowest BCUT2D eigenvalue weighted by atomic mass is 10.1. The smallest absolute Gasteiger partial charge is 0.269 e. The Bertz CT molecular complexity index is 626. The molecular weight excluding hydrogens is 276 g/mol. The number of rotatable bonds is 4. The summed E-state index contributed by atoms with van der Waals surface area (Å²) >= 11 is 6.18. The van der Waals surface area contributed by atoms with E-state index in [1.165, 1.54) is 12.1 Å². The topological polar surface area (TPSA) is 55.2 Å². The molecule has 0 amide bonds. The van der Waals surface area contributed by atoms with Gasteiger partial charge in [-0.1, -0.05) is 29.8 Å². The summed E-state index contributed by atoms with van der Waals surface area (Å²) < 4.78 is 0. The Morgan fingerprint density at radius 3 is 2.40 bits per heavy atom. The van der Waals surface area contributed by atoms with Crippen molar-refractivity contribution < 1.29 is 4.92 Å². The number of hydrogen-bond donors (Lipinski definition) is 1. The molecule has 104 valence electrons.